The van der Waals surface area contributed by atoms with Crippen LogP contribution in [0.1, 0.15) is 4.88 Å². The molecule has 1 aliphatic heterocycles. The van der Waals surface area contributed by atoms with E-state index in [9.17, 15) is 9.90 Å². The maximum atomic E-state index is 12.5. The highest BCUT2D eigenvalue weighted by molar-refractivity contribution is 7.17. The number of β-amino-alcohol motifs (C(OH)–C–C–N with tert-alkyl or cyclic N) is 1. The number of carbonyl (C=O) groups excluding carboxylic acids is 1. The summed E-state index contributed by atoms with van der Waals surface area (Å²) in [7, 11) is 0. The lowest BCUT2D eigenvalue weighted by molar-refractivity contribution is -0.120. The van der Waals surface area contributed by atoms with Gasteiger partial charge >= 0.3 is 0 Å². The van der Waals surface area contributed by atoms with Crippen molar-refractivity contribution in [1.29, 1.82) is 0 Å². The molecule has 3 aromatic rings. The number of aliphatic hydroxyl groups is 1. The van der Waals surface area contributed by atoms with Crippen molar-refractivity contribution in [3.8, 4) is 21.1 Å². The Balaban J connectivity index is 0.00000225. The van der Waals surface area contributed by atoms with Gasteiger partial charge in [0.15, 0.2) is 0 Å². The van der Waals surface area contributed by atoms with E-state index in [-0.39, 0.29) is 30.3 Å². The van der Waals surface area contributed by atoms with Gasteiger partial charge in [0.05, 0.1) is 23.1 Å². The number of hydrogen-bond acceptors (Lipinski definition) is 6. The van der Waals surface area contributed by atoms with E-state index >= 15 is 0 Å². The van der Waals surface area contributed by atoms with Crippen LogP contribution >= 0.6 is 35.1 Å². The highest BCUT2D eigenvalue weighted by atomic mass is 35.5. The predicted molar refractivity (Wildman–Crippen MR) is 117 cm³/mol. The van der Waals surface area contributed by atoms with Crippen molar-refractivity contribution in [3.63, 3.8) is 0 Å². The maximum absolute atomic E-state index is 12.5. The molecule has 2 aromatic heterocycles. The highest BCUT2D eigenvalue weighted by Gasteiger charge is 2.25. The van der Waals surface area contributed by atoms with Crippen LogP contribution in [0.2, 0.25) is 0 Å². The number of thiazole rings is 1. The van der Waals surface area contributed by atoms with Gasteiger partial charge < -0.3 is 15.7 Å². The smallest absolute Gasteiger partial charge is 0.225 e. The fourth-order valence-electron chi connectivity index (χ4n) is 3.16. The van der Waals surface area contributed by atoms with Crippen LogP contribution in [0.25, 0.3) is 21.1 Å². The van der Waals surface area contributed by atoms with Crippen LogP contribution in [0.3, 0.4) is 0 Å². The number of amides is 1. The second-order valence-electron chi connectivity index (χ2n) is 6.60. The Labute approximate surface area is 178 Å². The van der Waals surface area contributed by atoms with Gasteiger partial charge in [-0.05, 0) is 11.4 Å². The van der Waals surface area contributed by atoms with Crippen molar-refractivity contribution in [2.24, 2.45) is 5.92 Å². The number of thiophene rings is 1. The number of benzene rings is 1. The molecule has 1 aromatic carbocycles. The van der Waals surface area contributed by atoms with Gasteiger partial charge in [0, 0.05) is 36.0 Å². The van der Waals surface area contributed by atoms with Gasteiger partial charge in [-0.3, -0.25) is 4.79 Å². The normalized spacial score (nSPS) is 18.6. The van der Waals surface area contributed by atoms with Gasteiger partial charge in [-0.25, -0.2) is 4.98 Å². The average Bonchev–Trinajstić information content (AvgIpc) is 3.42. The average molecular weight is 436 g/mol. The van der Waals surface area contributed by atoms with Crippen LogP contribution in [-0.2, 0) is 11.2 Å². The molecule has 8 heteroatoms. The maximum Gasteiger partial charge on any atom is 0.225 e. The van der Waals surface area contributed by atoms with Crippen LogP contribution in [-0.4, -0.2) is 41.7 Å². The first-order valence-electron chi connectivity index (χ1n) is 8.95. The second kappa shape index (κ2) is 9.62. The van der Waals surface area contributed by atoms with Gasteiger partial charge in [-0.1, -0.05) is 36.4 Å². The first kappa shape index (κ1) is 21.0. The Hall–Kier alpha value is -1.77. The molecular formula is C20H22ClN3O2S2. The minimum Gasteiger partial charge on any atom is -0.391 e. The van der Waals surface area contributed by atoms with Gasteiger partial charge in [0.2, 0.25) is 5.91 Å². The lowest BCUT2D eigenvalue weighted by Gasteiger charge is -2.13. The summed E-state index contributed by atoms with van der Waals surface area (Å²) in [6, 6.07) is 14.1. The number of halogens is 1. The Kier molecular flexibility index (Phi) is 7.20. The molecule has 4 rings (SSSR count). The quantitative estimate of drug-likeness (QED) is 0.555. The Morgan fingerprint density at radius 3 is 2.71 bits per heavy atom. The summed E-state index contributed by atoms with van der Waals surface area (Å²) in [5.74, 6) is 0.0437. The van der Waals surface area contributed by atoms with Crippen molar-refractivity contribution in [2.75, 3.05) is 19.6 Å². The fourth-order valence-corrected chi connectivity index (χ4v) is 5.05. The molecule has 1 amide bonds. The molecule has 2 unspecified atom stereocenters. The van der Waals surface area contributed by atoms with Crippen molar-refractivity contribution in [3.05, 3.63) is 52.7 Å². The monoisotopic (exact) mass is 435 g/mol. The van der Waals surface area contributed by atoms with E-state index in [1.807, 2.05) is 47.8 Å². The van der Waals surface area contributed by atoms with Gasteiger partial charge in [0.25, 0.3) is 0 Å². The molecule has 148 valence electrons. The fraction of sp³-hybridized carbons (Fsp3) is 0.300. The molecule has 1 saturated heterocycles. The number of aliphatic hydroxyl groups excluding tert-OH is 1. The zero-order chi connectivity index (χ0) is 18.6. The topological polar surface area (TPSA) is 74.2 Å². The molecule has 0 saturated carbocycles. The van der Waals surface area contributed by atoms with Crippen LogP contribution in [0.4, 0.5) is 0 Å². The van der Waals surface area contributed by atoms with Crippen molar-refractivity contribution in [1.82, 2.24) is 15.6 Å². The van der Waals surface area contributed by atoms with Gasteiger partial charge in [0.1, 0.15) is 5.01 Å². The standard InChI is InChI=1S/C20H21N3O2S2.ClH/c24-15-12-21-10-14(15)11-22-18(25)9-17-19(16-7-4-8-26-16)23-20(27-17)13-5-2-1-3-6-13;/h1-8,14-15,21,24H,9-12H2,(H,22,25);1H. The zero-order valence-corrected chi connectivity index (χ0v) is 17.6. The third-order valence-corrected chi connectivity index (χ3v) is 6.64. The summed E-state index contributed by atoms with van der Waals surface area (Å²) in [6.45, 7) is 1.82. The Bertz CT molecular complexity index is 900. The number of nitrogens with one attached hydrogen (secondary N) is 2. The molecule has 0 radical (unpaired) electrons. The summed E-state index contributed by atoms with van der Waals surface area (Å²) in [5.41, 5.74) is 1.96. The third kappa shape index (κ3) is 4.79. The van der Waals surface area contributed by atoms with E-state index in [0.29, 0.717) is 19.5 Å². The molecule has 28 heavy (non-hydrogen) atoms. The summed E-state index contributed by atoms with van der Waals surface area (Å²) in [5, 5.41) is 18.9. The third-order valence-electron chi connectivity index (χ3n) is 4.66. The molecule has 1 aliphatic rings. The first-order chi connectivity index (χ1) is 13.2. The SMILES string of the molecule is Cl.O=C(Cc1sc(-c2ccccc2)nc1-c1cccs1)NCC1CNCC1O. The molecule has 0 spiro atoms. The van der Waals surface area contributed by atoms with Gasteiger partial charge in [-0.2, -0.15) is 0 Å². The van der Waals surface area contributed by atoms with E-state index in [2.05, 4.69) is 10.6 Å². The first-order valence-corrected chi connectivity index (χ1v) is 10.6. The van der Waals surface area contributed by atoms with Gasteiger partial charge in [-0.15, -0.1) is 35.1 Å². The minimum atomic E-state index is -0.389. The minimum absolute atomic E-state index is 0. The summed E-state index contributed by atoms with van der Waals surface area (Å²) < 4.78 is 0. The second-order valence-corrected chi connectivity index (χ2v) is 8.63. The van der Waals surface area contributed by atoms with Crippen LogP contribution < -0.4 is 10.6 Å². The van der Waals surface area contributed by atoms with E-state index < -0.39 is 0 Å². The molecule has 2 atom stereocenters. The van der Waals surface area contributed by atoms with E-state index in [1.54, 1.807) is 22.7 Å². The highest BCUT2D eigenvalue weighted by Crippen LogP contribution is 2.36. The summed E-state index contributed by atoms with van der Waals surface area (Å²) in [4.78, 5) is 19.4. The summed E-state index contributed by atoms with van der Waals surface area (Å²) in [6.07, 6.45) is -0.0892. The Morgan fingerprint density at radius 2 is 2.04 bits per heavy atom. The molecule has 1 fully saturated rings. The van der Waals surface area contributed by atoms with Crippen LogP contribution in [0.15, 0.2) is 47.8 Å². The van der Waals surface area contributed by atoms with Crippen molar-refractivity contribution < 1.29 is 9.90 Å². The molecule has 0 bridgehead atoms. The van der Waals surface area contributed by atoms with E-state index in [4.69, 9.17) is 4.98 Å². The van der Waals surface area contributed by atoms with E-state index in [0.717, 1.165) is 32.6 Å². The van der Waals surface area contributed by atoms with Crippen molar-refractivity contribution in [2.45, 2.75) is 12.5 Å². The lowest BCUT2D eigenvalue weighted by atomic mass is 10.1. The number of hydrogen-bond donors (Lipinski definition) is 3. The zero-order valence-electron chi connectivity index (χ0n) is 15.1. The van der Waals surface area contributed by atoms with Crippen molar-refractivity contribution >= 4 is 41.0 Å². The molecule has 3 heterocycles. The summed E-state index contributed by atoms with van der Waals surface area (Å²) >= 11 is 3.20. The van der Waals surface area contributed by atoms with Crippen LogP contribution in [0.5, 0.6) is 0 Å². The molecular weight excluding hydrogens is 414 g/mol. The molecule has 0 aliphatic carbocycles. The number of aromatic nitrogens is 1. The number of carbonyl (C=O) groups is 1. The van der Waals surface area contributed by atoms with E-state index in [1.165, 1.54) is 0 Å². The van der Waals surface area contributed by atoms with Crippen LogP contribution in [0, 0.1) is 5.92 Å². The Morgan fingerprint density at radius 1 is 1.21 bits per heavy atom. The number of nitrogens with zero attached hydrogens (tertiary/aromatic N) is 1. The predicted octanol–water partition coefficient (Wildman–Crippen LogP) is 3.20. The number of rotatable bonds is 6. The largest absolute Gasteiger partial charge is 0.391 e. The lowest BCUT2D eigenvalue weighted by Crippen LogP contribution is -2.35. The molecule has 5 nitrogen and oxygen atoms in total. The molecule has 3 N–H and O–H groups in total.